The molecule has 0 atom stereocenters. The zero-order valence-corrected chi connectivity index (χ0v) is 6.41. The van der Waals surface area contributed by atoms with Gasteiger partial charge in [-0.1, -0.05) is 0 Å². The molecule has 0 aliphatic rings. The van der Waals surface area contributed by atoms with Crippen LogP contribution in [0.15, 0.2) is 29.6 Å². The van der Waals surface area contributed by atoms with Crippen LogP contribution in [0.3, 0.4) is 0 Å². The summed E-state index contributed by atoms with van der Waals surface area (Å²) in [5.74, 6) is -0.912. The molecule has 6 nitrogen and oxygen atoms in total. The maximum absolute atomic E-state index is 10.2. The van der Waals surface area contributed by atoms with Gasteiger partial charge in [-0.25, -0.2) is 4.79 Å². The SMILES string of the molecule is O=C(O)c1ccc(O)cc1.O=NO. The van der Waals surface area contributed by atoms with Crippen molar-refractivity contribution in [3.8, 4) is 5.75 Å². The number of carboxylic acids is 1. The zero-order valence-electron chi connectivity index (χ0n) is 6.41. The summed E-state index contributed by atoms with van der Waals surface area (Å²) in [7, 11) is 0. The fourth-order valence-corrected chi connectivity index (χ4v) is 0.604. The quantitative estimate of drug-likeness (QED) is 0.450. The van der Waals surface area contributed by atoms with Crippen molar-refractivity contribution in [3.05, 3.63) is 34.7 Å². The largest absolute Gasteiger partial charge is 0.508 e. The summed E-state index contributed by atoms with van der Waals surface area (Å²) in [5.41, 5.74) is 0.179. The Bertz CT molecular complexity index is 281. The number of benzene rings is 1. The van der Waals surface area contributed by atoms with Crippen molar-refractivity contribution in [2.75, 3.05) is 0 Å². The molecule has 1 aromatic carbocycles. The van der Waals surface area contributed by atoms with Crippen LogP contribution in [-0.2, 0) is 0 Å². The highest BCUT2D eigenvalue weighted by atomic mass is 16.6. The van der Waals surface area contributed by atoms with Crippen LogP contribution in [0.5, 0.6) is 5.75 Å². The van der Waals surface area contributed by atoms with Crippen LogP contribution in [0, 0.1) is 4.91 Å². The second-order valence-corrected chi connectivity index (χ2v) is 1.93. The molecule has 0 aliphatic carbocycles. The van der Waals surface area contributed by atoms with E-state index in [4.69, 9.17) is 20.3 Å². The van der Waals surface area contributed by atoms with E-state index in [1.54, 1.807) is 0 Å². The molecule has 0 radical (unpaired) electrons. The molecule has 0 aliphatic heterocycles. The first-order chi connectivity index (χ1) is 6.11. The predicted molar refractivity (Wildman–Crippen MR) is 42.6 cm³/mol. The van der Waals surface area contributed by atoms with Crippen molar-refractivity contribution >= 4 is 5.97 Å². The summed E-state index contributed by atoms with van der Waals surface area (Å²) < 4.78 is 0. The molecule has 1 rings (SSSR count). The lowest BCUT2D eigenvalue weighted by Gasteiger charge is -1.92. The number of phenols is 1. The van der Waals surface area contributed by atoms with Crippen LogP contribution < -0.4 is 0 Å². The number of carbonyl (C=O) groups is 1. The maximum atomic E-state index is 10.2. The zero-order chi connectivity index (χ0) is 10.3. The number of hydrogen-bond acceptors (Lipinski definition) is 4. The second kappa shape index (κ2) is 5.53. The number of rotatable bonds is 1. The van der Waals surface area contributed by atoms with E-state index in [1.807, 2.05) is 0 Å². The van der Waals surface area contributed by atoms with Crippen molar-refractivity contribution in [1.29, 1.82) is 0 Å². The van der Waals surface area contributed by atoms with E-state index < -0.39 is 5.97 Å². The van der Waals surface area contributed by atoms with E-state index in [2.05, 4.69) is 0 Å². The molecule has 6 heteroatoms. The third-order valence-electron chi connectivity index (χ3n) is 1.11. The van der Waals surface area contributed by atoms with Gasteiger partial charge in [-0.2, -0.15) is 0 Å². The molecule has 0 saturated carbocycles. The fraction of sp³-hybridized carbons (Fsp3) is 0. The number of aromatic carboxylic acids is 1. The van der Waals surface area contributed by atoms with Crippen molar-refractivity contribution in [2.45, 2.75) is 0 Å². The predicted octanol–water partition coefficient (Wildman–Crippen LogP) is 1.23. The molecule has 0 spiro atoms. The minimum absolute atomic E-state index is 0.0741. The molecule has 0 bridgehead atoms. The van der Waals surface area contributed by atoms with Gasteiger partial charge in [0.15, 0.2) is 5.34 Å². The Balaban J connectivity index is 0.000000424. The van der Waals surface area contributed by atoms with Crippen LogP contribution in [0.1, 0.15) is 10.4 Å². The Morgan fingerprint density at radius 2 is 1.62 bits per heavy atom. The van der Waals surface area contributed by atoms with Crippen molar-refractivity contribution in [1.82, 2.24) is 0 Å². The summed E-state index contributed by atoms with van der Waals surface area (Å²) in [6, 6.07) is 5.36. The molecular formula is C7H7NO5. The highest BCUT2D eigenvalue weighted by Crippen LogP contribution is 2.08. The van der Waals surface area contributed by atoms with E-state index in [1.165, 1.54) is 29.6 Å². The first-order valence-electron chi connectivity index (χ1n) is 3.11. The molecule has 0 aromatic heterocycles. The van der Waals surface area contributed by atoms with Crippen molar-refractivity contribution in [2.24, 2.45) is 5.34 Å². The molecule has 0 fully saturated rings. The summed E-state index contributed by atoms with van der Waals surface area (Å²) in [6.45, 7) is 0. The van der Waals surface area contributed by atoms with Crippen LogP contribution in [0.4, 0.5) is 0 Å². The number of carboxylic acid groups (broad SMARTS) is 1. The summed E-state index contributed by atoms with van der Waals surface area (Å²) in [4.78, 5) is 18.3. The maximum Gasteiger partial charge on any atom is 0.335 e. The Hall–Kier alpha value is -2.11. The third kappa shape index (κ3) is 4.35. The Morgan fingerprint density at radius 1 is 1.23 bits per heavy atom. The monoisotopic (exact) mass is 185 g/mol. The first-order valence-corrected chi connectivity index (χ1v) is 3.11. The lowest BCUT2D eigenvalue weighted by molar-refractivity contribution is 0.0697. The van der Waals surface area contributed by atoms with Gasteiger partial charge in [-0.3, -0.25) is 0 Å². The van der Waals surface area contributed by atoms with Gasteiger partial charge in [0.2, 0.25) is 0 Å². The first kappa shape index (κ1) is 10.9. The van der Waals surface area contributed by atoms with Gasteiger partial charge in [0.05, 0.1) is 5.56 Å². The van der Waals surface area contributed by atoms with Crippen LogP contribution in [-0.4, -0.2) is 21.4 Å². The van der Waals surface area contributed by atoms with Crippen molar-refractivity contribution in [3.63, 3.8) is 0 Å². The fourth-order valence-electron chi connectivity index (χ4n) is 0.604. The number of nitrogens with zero attached hydrogens (tertiary/aromatic N) is 1. The topological polar surface area (TPSA) is 107 Å². The van der Waals surface area contributed by atoms with E-state index in [0.29, 0.717) is 0 Å². The third-order valence-corrected chi connectivity index (χ3v) is 1.11. The minimum atomic E-state index is -0.986. The standard InChI is InChI=1S/C7H6O3.HNO2/c8-6-3-1-5(2-4-6)7(9)10;2-1-3/h1-4,8H,(H,9,10);(H,2,3). The summed E-state index contributed by atoms with van der Waals surface area (Å²) >= 11 is 0. The molecule has 0 heterocycles. The Kier molecular flexibility index (Phi) is 4.63. The van der Waals surface area contributed by atoms with Gasteiger partial charge in [0, 0.05) is 0 Å². The Morgan fingerprint density at radius 3 is 1.92 bits per heavy atom. The van der Waals surface area contributed by atoms with Gasteiger partial charge < -0.3 is 15.4 Å². The van der Waals surface area contributed by atoms with Crippen LogP contribution in [0.25, 0.3) is 0 Å². The van der Waals surface area contributed by atoms with Gasteiger partial charge >= 0.3 is 5.97 Å². The van der Waals surface area contributed by atoms with Crippen LogP contribution >= 0.6 is 0 Å². The average Bonchev–Trinajstić information content (AvgIpc) is 2.06. The summed E-state index contributed by atoms with van der Waals surface area (Å²) in [5, 5.41) is 25.0. The number of phenolic OH excluding ortho intramolecular Hbond substituents is 1. The molecule has 1 aromatic rings. The van der Waals surface area contributed by atoms with Crippen LogP contribution in [0.2, 0.25) is 0 Å². The smallest absolute Gasteiger partial charge is 0.335 e. The molecule has 13 heavy (non-hydrogen) atoms. The average molecular weight is 185 g/mol. The molecule has 0 saturated heterocycles. The van der Waals surface area contributed by atoms with E-state index in [9.17, 15) is 4.79 Å². The van der Waals surface area contributed by atoms with E-state index >= 15 is 0 Å². The van der Waals surface area contributed by atoms with Gasteiger partial charge in [0.25, 0.3) is 0 Å². The molecule has 0 unspecified atom stereocenters. The Labute approximate surface area is 73.0 Å². The molecule has 70 valence electrons. The van der Waals surface area contributed by atoms with E-state index in [-0.39, 0.29) is 11.3 Å². The summed E-state index contributed by atoms with van der Waals surface area (Å²) in [6.07, 6.45) is 0. The second-order valence-electron chi connectivity index (χ2n) is 1.93. The van der Waals surface area contributed by atoms with Gasteiger partial charge in [0.1, 0.15) is 5.75 Å². The highest BCUT2D eigenvalue weighted by molar-refractivity contribution is 5.87. The lowest BCUT2D eigenvalue weighted by Crippen LogP contribution is -1.93. The van der Waals surface area contributed by atoms with Crippen molar-refractivity contribution < 1.29 is 20.2 Å². The molecular weight excluding hydrogens is 178 g/mol. The molecule has 0 amide bonds. The minimum Gasteiger partial charge on any atom is -0.508 e. The van der Waals surface area contributed by atoms with Gasteiger partial charge in [-0.05, 0) is 24.3 Å². The number of hydrogen-bond donors (Lipinski definition) is 3. The highest BCUT2D eigenvalue weighted by Gasteiger charge is 1.99. The lowest BCUT2D eigenvalue weighted by atomic mass is 10.2. The van der Waals surface area contributed by atoms with E-state index in [0.717, 1.165) is 0 Å². The van der Waals surface area contributed by atoms with Gasteiger partial charge in [-0.15, -0.1) is 4.91 Å². The molecule has 3 N–H and O–H groups in total. The number of aromatic hydroxyl groups is 1. The normalized spacial score (nSPS) is 8.00.